The first-order chi connectivity index (χ1) is 8.79. The molecular formula is C14H27N3O. The number of hydrogen-bond donors (Lipinski definition) is 1. The Bertz CT molecular complexity index is 256. The van der Waals surface area contributed by atoms with Gasteiger partial charge in [-0.3, -0.25) is 4.79 Å². The Balaban J connectivity index is 1.59. The molecule has 4 nitrogen and oxygen atoms in total. The van der Waals surface area contributed by atoms with Crippen LogP contribution in [-0.2, 0) is 4.79 Å². The van der Waals surface area contributed by atoms with Gasteiger partial charge in [-0.25, -0.2) is 0 Å². The molecule has 1 amide bonds. The molecule has 1 saturated heterocycles. The van der Waals surface area contributed by atoms with Crippen molar-refractivity contribution in [1.82, 2.24) is 15.1 Å². The number of rotatable bonds is 5. The van der Waals surface area contributed by atoms with Gasteiger partial charge in [-0.05, 0) is 19.4 Å². The van der Waals surface area contributed by atoms with Gasteiger partial charge < -0.3 is 15.1 Å². The summed E-state index contributed by atoms with van der Waals surface area (Å²) in [6, 6.07) is 0.676. The third kappa shape index (κ3) is 3.95. The zero-order valence-corrected chi connectivity index (χ0v) is 11.7. The maximum absolute atomic E-state index is 12.0. The van der Waals surface area contributed by atoms with Gasteiger partial charge in [0.25, 0.3) is 0 Å². The Morgan fingerprint density at radius 2 is 1.83 bits per heavy atom. The van der Waals surface area contributed by atoms with Gasteiger partial charge in [0.15, 0.2) is 0 Å². The molecule has 1 N–H and O–H groups in total. The van der Waals surface area contributed by atoms with E-state index in [0.29, 0.717) is 18.4 Å². The Kier molecular flexibility index (Phi) is 5.45. The van der Waals surface area contributed by atoms with Crippen molar-refractivity contribution in [2.75, 3.05) is 39.3 Å². The predicted molar refractivity (Wildman–Crippen MR) is 73.6 cm³/mol. The smallest absolute Gasteiger partial charge is 0.223 e. The molecule has 0 bridgehead atoms. The molecule has 0 aromatic heterocycles. The zero-order chi connectivity index (χ0) is 12.8. The molecule has 2 aliphatic rings. The number of hydrogen-bond acceptors (Lipinski definition) is 3. The van der Waals surface area contributed by atoms with Crippen molar-refractivity contribution in [1.29, 1.82) is 0 Å². The van der Waals surface area contributed by atoms with Crippen LogP contribution in [0.15, 0.2) is 0 Å². The number of likely N-dealkylation sites (N-methyl/N-ethyl adjacent to an activating group) is 1. The number of amides is 1. The summed E-state index contributed by atoms with van der Waals surface area (Å²) in [6.07, 6.45) is 5.96. The minimum absolute atomic E-state index is 0.330. The Labute approximate surface area is 111 Å². The molecule has 18 heavy (non-hydrogen) atoms. The summed E-state index contributed by atoms with van der Waals surface area (Å²) in [5, 5.41) is 3.51. The van der Waals surface area contributed by atoms with Gasteiger partial charge in [-0.2, -0.15) is 0 Å². The Hall–Kier alpha value is -0.610. The molecule has 0 unspecified atom stereocenters. The summed E-state index contributed by atoms with van der Waals surface area (Å²) in [7, 11) is 0. The summed E-state index contributed by atoms with van der Waals surface area (Å²) in [5.74, 6) is 0.330. The Morgan fingerprint density at radius 3 is 2.44 bits per heavy atom. The number of nitrogens with one attached hydrogen (secondary N) is 1. The van der Waals surface area contributed by atoms with Crippen molar-refractivity contribution in [3.8, 4) is 0 Å². The molecular weight excluding hydrogens is 226 g/mol. The minimum Gasteiger partial charge on any atom is -0.340 e. The van der Waals surface area contributed by atoms with Crippen LogP contribution < -0.4 is 5.32 Å². The van der Waals surface area contributed by atoms with Gasteiger partial charge >= 0.3 is 0 Å². The first kappa shape index (κ1) is 13.8. The van der Waals surface area contributed by atoms with Gasteiger partial charge in [0.05, 0.1) is 0 Å². The average Bonchev–Trinajstić information content (AvgIpc) is 2.92. The van der Waals surface area contributed by atoms with Crippen molar-refractivity contribution in [2.45, 2.75) is 45.1 Å². The number of piperazine rings is 1. The summed E-state index contributed by atoms with van der Waals surface area (Å²) < 4.78 is 0. The number of nitrogens with zero attached hydrogens (tertiary/aromatic N) is 2. The fraction of sp³-hybridized carbons (Fsp3) is 0.929. The monoisotopic (exact) mass is 253 g/mol. The van der Waals surface area contributed by atoms with Crippen LogP contribution in [0.4, 0.5) is 0 Å². The normalized spacial score (nSPS) is 22.6. The van der Waals surface area contributed by atoms with Crippen LogP contribution in [0, 0.1) is 0 Å². The van der Waals surface area contributed by atoms with Crippen molar-refractivity contribution < 1.29 is 4.79 Å². The van der Waals surface area contributed by atoms with Crippen LogP contribution in [-0.4, -0.2) is 61.0 Å². The van der Waals surface area contributed by atoms with Crippen LogP contribution in [0.5, 0.6) is 0 Å². The van der Waals surface area contributed by atoms with E-state index in [2.05, 4.69) is 17.1 Å². The average molecular weight is 253 g/mol. The van der Waals surface area contributed by atoms with Gasteiger partial charge in [0.1, 0.15) is 0 Å². The molecule has 0 radical (unpaired) electrons. The molecule has 4 heteroatoms. The molecule has 1 aliphatic heterocycles. The minimum atomic E-state index is 0.330. The summed E-state index contributed by atoms with van der Waals surface area (Å²) in [6.45, 7) is 8.05. The van der Waals surface area contributed by atoms with E-state index in [-0.39, 0.29) is 0 Å². The molecule has 0 atom stereocenters. The third-order valence-corrected chi connectivity index (χ3v) is 4.30. The summed E-state index contributed by atoms with van der Waals surface area (Å²) in [4.78, 5) is 16.5. The molecule has 2 rings (SSSR count). The number of carbonyl (C=O) groups is 1. The molecule has 0 aromatic rings. The maximum atomic E-state index is 12.0. The second kappa shape index (κ2) is 7.10. The van der Waals surface area contributed by atoms with Gasteiger partial charge in [-0.15, -0.1) is 0 Å². The highest BCUT2D eigenvalue weighted by Gasteiger charge is 2.20. The molecule has 0 spiro atoms. The van der Waals surface area contributed by atoms with Gasteiger partial charge in [-0.1, -0.05) is 19.8 Å². The van der Waals surface area contributed by atoms with Gasteiger partial charge in [0, 0.05) is 45.2 Å². The van der Waals surface area contributed by atoms with E-state index in [1.54, 1.807) is 0 Å². The van der Waals surface area contributed by atoms with Crippen LogP contribution in [0.25, 0.3) is 0 Å². The van der Waals surface area contributed by atoms with Crippen molar-refractivity contribution in [2.24, 2.45) is 0 Å². The molecule has 2 fully saturated rings. The van der Waals surface area contributed by atoms with E-state index in [9.17, 15) is 4.79 Å². The van der Waals surface area contributed by atoms with E-state index in [4.69, 9.17) is 0 Å². The lowest BCUT2D eigenvalue weighted by Crippen LogP contribution is -2.49. The highest BCUT2D eigenvalue weighted by Crippen LogP contribution is 2.17. The van der Waals surface area contributed by atoms with Crippen LogP contribution in [0.2, 0.25) is 0 Å². The van der Waals surface area contributed by atoms with Crippen molar-refractivity contribution >= 4 is 5.91 Å². The molecule has 104 valence electrons. The van der Waals surface area contributed by atoms with E-state index in [1.807, 2.05) is 4.90 Å². The largest absolute Gasteiger partial charge is 0.340 e. The molecule has 0 aromatic carbocycles. The SMILES string of the molecule is CCN1CCN(C(=O)CCNC2CCCC2)CC1. The standard InChI is InChI=1S/C14H27N3O/c1-2-16-9-11-17(12-10-16)14(18)7-8-15-13-5-3-4-6-13/h13,15H,2-12H2,1H3. The lowest BCUT2D eigenvalue weighted by atomic mass is 10.2. The quantitative estimate of drug-likeness (QED) is 0.796. The fourth-order valence-electron chi connectivity index (χ4n) is 2.98. The summed E-state index contributed by atoms with van der Waals surface area (Å²) >= 11 is 0. The van der Waals surface area contributed by atoms with E-state index < -0.39 is 0 Å². The molecule has 1 saturated carbocycles. The lowest BCUT2D eigenvalue weighted by Gasteiger charge is -2.34. The van der Waals surface area contributed by atoms with E-state index >= 15 is 0 Å². The first-order valence-corrected chi connectivity index (χ1v) is 7.53. The Morgan fingerprint density at radius 1 is 1.17 bits per heavy atom. The lowest BCUT2D eigenvalue weighted by molar-refractivity contribution is -0.132. The van der Waals surface area contributed by atoms with E-state index in [0.717, 1.165) is 39.3 Å². The van der Waals surface area contributed by atoms with Crippen LogP contribution in [0.1, 0.15) is 39.0 Å². The predicted octanol–water partition coefficient (Wildman–Crippen LogP) is 1.07. The maximum Gasteiger partial charge on any atom is 0.223 e. The van der Waals surface area contributed by atoms with Crippen molar-refractivity contribution in [3.05, 3.63) is 0 Å². The highest BCUT2D eigenvalue weighted by molar-refractivity contribution is 5.76. The fourth-order valence-corrected chi connectivity index (χ4v) is 2.98. The topological polar surface area (TPSA) is 35.6 Å². The number of carbonyl (C=O) groups excluding carboxylic acids is 1. The third-order valence-electron chi connectivity index (χ3n) is 4.30. The zero-order valence-electron chi connectivity index (χ0n) is 11.7. The van der Waals surface area contributed by atoms with Gasteiger partial charge in [0.2, 0.25) is 5.91 Å². The highest BCUT2D eigenvalue weighted by atomic mass is 16.2. The molecule has 1 heterocycles. The molecule has 1 aliphatic carbocycles. The van der Waals surface area contributed by atoms with Crippen molar-refractivity contribution in [3.63, 3.8) is 0 Å². The summed E-state index contributed by atoms with van der Waals surface area (Å²) in [5.41, 5.74) is 0. The first-order valence-electron chi connectivity index (χ1n) is 7.53. The second-order valence-corrected chi connectivity index (χ2v) is 5.50. The van der Waals surface area contributed by atoms with Crippen LogP contribution >= 0.6 is 0 Å². The second-order valence-electron chi connectivity index (χ2n) is 5.50. The van der Waals surface area contributed by atoms with Crippen LogP contribution in [0.3, 0.4) is 0 Å². The van der Waals surface area contributed by atoms with E-state index in [1.165, 1.54) is 25.7 Å².